The number of aryl methyl sites for hydroxylation is 2. The lowest BCUT2D eigenvalue weighted by Crippen LogP contribution is -2.50. The summed E-state index contributed by atoms with van der Waals surface area (Å²) < 4.78 is 5.46. The summed E-state index contributed by atoms with van der Waals surface area (Å²) in [6.07, 6.45) is 3.46. The number of hydrogen-bond donors (Lipinski definition) is 0. The summed E-state index contributed by atoms with van der Waals surface area (Å²) in [5.41, 5.74) is 5.08. The lowest BCUT2D eigenvalue weighted by atomic mass is 10.1. The molecule has 1 aliphatic heterocycles. The highest BCUT2D eigenvalue weighted by atomic mass is 16.5. The third-order valence-corrected chi connectivity index (χ3v) is 4.73. The molecule has 1 amide bonds. The molecule has 4 rings (SSSR count). The summed E-state index contributed by atoms with van der Waals surface area (Å²) in [6, 6.07) is 12.0. The molecule has 0 N–H and O–H groups in total. The van der Waals surface area contributed by atoms with Crippen LogP contribution in [0.15, 0.2) is 53.3 Å². The fourth-order valence-electron chi connectivity index (χ4n) is 3.50. The Morgan fingerprint density at radius 3 is 2.48 bits per heavy atom. The molecule has 0 spiro atoms. The number of aromatic nitrogens is 2. The molecule has 6 nitrogen and oxygen atoms in total. The number of carbonyl (C=O) groups excluding carboxylic acids is 1. The molecule has 2 aromatic heterocycles. The Kier molecular flexibility index (Phi) is 4.73. The number of nitrogens with zero attached hydrogens (tertiary/aromatic N) is 4. The molecule has 1 saturated heterocycles. The van der Waals surface area contributed by atoms with Crippen LogP contribution in [0.5, 0.6) is 0 Å². The van der Waals surface area contributed by atoms with E-state index >= 15 is 0 Å². The van der Waals surface area contributed by atoms with Gasteiger partial charge < -0.3 is 9.42 Å². The van der Waals surface area contributed by atoms with E-state index in [-0.39, 0.29) is 5.91 Å². The van der Waals surface area contributed by atoms with E-state index in [1.54, 1.807) is 12.4 Å². The van der Waals surface area contributed by atoms with Gasteiger partial charge in [-0.3, -0.25) is 14.7 Å². The monoisotopic (exact) mass is 362 g/mol. The zero-order chi connectivity index (χ0) is 18.8. The van der Waals surface area contributed by atoms with Gasteiger partial charge in [0.1, 0.15) is 5.69 Å². The molecule has 0 unspecified atom stereocenters. The molecule has 27 heavy (non-hydrogen) atoms. The van der Waals surface area contributed by atoms with Crippen LogP contribution in [0, 0.1) is 13.8 Å². The zero-order valence-electron chi connectivity index (χ0n) is 15.6. The zero-order valence-corrected chi connectivity index (χ0v) is 15.6. The quantitative estimate of drug-likeness (QED) is 0.713. The second-order valence-electron chi connectivity index (χ2n) is 7.02. The molecule has 138 valence electrons. The van der Waals surface area contributed by atoms with Crippen LogP contribution in [0.25, 0.3) is 11.3 Å². The third kappa shape index (κ3) is 3.90. The van der Waals surface area contributed by atoms with Crippen LogP contribution < -0.4 is 4.90 Å². The van der Waals surface area contributed by atoms with Crippen molar-refractivity contribution in [3.05, 3.63) is 65.7 Å². The SMILES string of the molecule is Cc1cc(C)cc(N2CCN(Cc3cc(-c4ccncc4)no3)CC2=O)c1. The third-order valence-electron chi connectivity index (χ3n) is 4.73. The predicted octanol–water partition coefficient (Wildman–Crippen LogP) is 3.20. The smallest absolute Gasteiger partial charge is 0.241 e. The molecule has 1 aromatic carbocycles. The fraction of sp³-hybridized carbons (Fsp3) is 0.286. The molecule has 1 fully saturated rings. The molecule has 0 radical (unpaired) electrons. The first kappa shape index (κ1) is 17.4. The first-order chi connectivity index (χ1) is 13.1. The van der Waals surface area contributed by atoms with E-state index in [2.05, 4.69) is 47.1 Å². The topological polar surface area (TPSA) is 62.5 Å². The number of carbonyl (C=O) groups is 1. The first-order valence-corrected chi connectivity index (χ1v) is 9.05. The first-order valence-electron chi connectivity index (χ1n) is 9.05. The number of anilines is 1. The number of rotatable bonds is 4. The highest BCUT2D eigenvalue weighted by Crippen LogP contribution is 2.23. The standard InChI is InChI=1S/C21H22N4O2/c1-15-9-16(2)11-18(10-15)25-8-7-24(14-21(25)26)13-19-12-20(23-27-19)17-3-5-22-6-4-17/h3-6,9-12H,7-8,13-14H2,1-2H3. The normalized spacial score (nSPS) is 15.3. The van der Waals surface area contributed by atoms with Gasteiger partial charge in [-0.05, 0) is 49.2 Å². The van der Waals surface area contributed by atoms with Crippen LogP contribution in [0.3, 0.4) is 0 Å². The Morgan fingerprint density at radius 2 is 1.78 bits per heavy atom. The maximum absolute atomic E-state index is 12.7. The maximum atomic E-state index is 12.7. The van der Waals surface area contributed by atoms with Gasteiger partial charge in [-0.15, -0.1) is 0 Å². The number of amides is 1. The van der Waals surface area contributed by atoms with Crippen molar-refractivity contribution in [3.8, 4) is 11.3 Å². The summed E-state index contributed by atoms with van der Waals surface area (Å²) in [7, 11) is 0. The van der Waals surface area contributed by atoms with Crippen LogP contribution in [0.2, 0.25) is 0 Å². The molecule has 0 bridgehead atoms. The summed E-state index contributed by atoms with van der Waals surface area (Å²) in [5, 5.41) is 4.13. The number of pyridine rings is 1. The Bertz CT molecular complexity index is 932. The van der Waals surface area contributed by atoms with E-state index in [0.717, 1.165) is 29.2 Å². The molecule has 6 heteroatoms. The Labute approximate surface area is 158 Å². The van der Waals surface area contributed by atoms with Gasteiger partial charge >= 0.3 is 0 Å². The van der Waals surface area contributed by atoms with Gasteiger partial charge in [-0.2, -0.15) is 0 Å². The van der Waals surface area contributed by atoms with Gasteiger partial charge in [0, 0.05) is 42.8 Å². The second-order valence-corrected chi connectivity index (χ2v) is 7.02. The van der Waals surface area contributed by atoms with Crippen molar-refractivity contribution in [2.75, 3.05) is 24.5 Å². The predicted molar refractivity (Wildman–Crippen MR) is 103 cm³/mol. The van der Waals surface area contributed by atoms with E-state index in [1.165, 1.54) is 11.1 Å². The second kappa shape index (κ2) is 7.32. The number of piperazine rings is 1. The molecule has 3 heterocycles. The summed E-state index contributed by atoms with van der Waals surface area (Å²) in [6.45, 7) is 6.53. The molecule has 0 aliphatic carbocycles. The van der Waals surface area contributed by atoms with Crippen LogP contribution in [0.4, 0.5) is 5.69 Å². The Balaban J connectivity index is 1.42. The Hall–Kier alpha value is -2.99. The van der Waals surface area contributed by atoms with Crippen LogP contribution in [-0.2, 0) is 11.3 Å². The van der Waals surface area contributed by atoms with Gasteiger partial charge in [0.05, 0.1) is 13.1 Å². The minimum Gasteiger partial charge on any atom is -0.359 e. The van der Waals surface area contributed by atoms with Crippen molar-refractivity contribution in [3.63, 3.8) is 0 Å². The van der Waals surface area contributed by atoms with Crippen molar-refractivity contribution < 1.29 is 9.32 Å². The molecular formula is C21H22N4O2. The highest BCUT2D eigenvalue weighted by molar-refractivity contribution is 5.95. The van der Waals surface area contributed by atoms with Crippen molar-refractivity contribution in [2.24, 2.45) is 0 Å². The average molecular weight is 362 g/mol. The van der Waals surface area contributed by atoms with Crippen molar-refractivity contribution >= 4 is 11.6 Å². The van der Waals surface area contributed by atoms with Gasteiger partial charge in [0.15, 0.2) is 5.76 Å². The maximum Gasteiger partial charge on any atom is 0.241 e. The molecular weight excluding hydrogens is 340 g/mol. The van der Waals surface area contributed by atoms with Gasteiger partial charge in [-0.25, -0.2) is 0 Å². The van der Waals surface area contributed by atoms with Gasteiger partial charge in [0.25, 0.3) is 0 Å². The van der Waals surface area contributed by atoms with Crippen molar-refractivity contribution in [1.29, 1.82) is 0 Å². The number of benzene rings is 1. The minimum absolute atomic E-state index is 0.111. The summed E-state index contributed by atoms with van der Waals surface area (Å²) in [5.74, 6) is 0.870. The lowest BCUT2D eigenvalue weighted by Gasteiger charge is -2.34. The number of hydrogen-bond acceptors (Lipinski definition) is 5. The van der Waals surface area contributed by atoms with E-state index < -0.39 is 0 Å². The summed E-state index contributed by atoms with van der Waals surface area (Å²) >= 11 is 0. The summed E-state index contributed by atoms with van der Waals surface area (Å²) in [4.78, 5) is 20.7. The van der Waals surface area contributed by atoms with Crippen molar-refractivity contribution in [1.82, 2.24) is 15.0 Å². The largest absolute Gasteiger partial charge is 0.359 e. The fourth-order valence-corrected chi connectivity index (χ4v) is 3.50. The lowest BCUT2D eigenvalue weighted by molar-refractivity contribution is -0.121. The molecule has 3 aromatic rings. The van der Waals surface area contributed by atoms with Gasteiger partial charge in [-0.1, -0.05) is 11.2 Å². The van der Waals surface area contributed by atoms with Crippen LogP contribution >= 0.6 is 0 Å². The van der Waals surface area contributed by atoms with Crippen molar-refractivity contribution in [2.45, 2.75) is 20.4 Å². The van der Waals surface area contributed by atoms with E-state index in [1.807, 2.05) is 23.1 Å². The molecule has 0 saturated carbocycles. The highest BCUT2D eigenvalue weighted by Gasteiger charge is 2.26. The van der Waals surface area contributed by atoms with E-state index in [9.17, 15) is 4.79 Å². The van der Waals surface area contributed by atoms with Crippen LogP contribution in [0.1, 0.15) is 16.9 Å². The van der Waals surface area contributed by atoms with E-state index in [0.29, 0.717) is 19.6 Å². The average Bonchev–Trinajstić information content (AvgIpc) is 3.10. The van der Waals surface area contributed by atoms with E-state index in [4.69, 9.17) is 4.52 Å². The minimum atomic E-state index is 0.111. The van der Waals surface area contributed by atoms with Gasteiger partial charge in [0.2, 0.25) is 5.91 Å². The Morgan fingerprint density at radius 1 is 1.04 bits per heavy atom. The van der Waals surface area contributed by atoms with Crippen LogP contribution in [-0.4, -0.2) is 40.6 Å². The molecule has 0 atom stereocenters. The molecule has 1 aliphatic rings.